The maximum absolute atomic E-state index is 12.3. The van der Waals surface area contributed by atoms with Crippen molar-refractivity contribution in [1.82, 2.24) is 19.7 Å². The molecular weight excluding hydrogens is 320 g/mol. The van der Waals surface area contributed by atoms with E-state index in [0.717, 1.165) is 34.4 Å². The van der Waals surface area contributed by atoms with Crippen molar-refractivity contribution in [2.45, 2.75) is 51.8 Å². The predicted molar refractivity (Wildman–Crippen MR) is 93.5 cm³/mol. The minimum absolute atomic E-state index is 0.0861. The van der Waals surface area contributed by atoms with Gasteiger partial charge in [0.15, 0.2) is 0 Å². The molecule has 0 radical (unpaired) electrons. The number of nitrogens with zero attached hydrogens (tertiary/aromatic N) is 3. The van der Waals surface area contributed by atoms with Gasteiger partial charge in [0.2, 0.25) is 5.91 Å². The molecule has 0 saturated heterocycles. The van der Waals surface area contributed by atoms with Crippen LogP contribution in [0.1, 0.15) is 44.4 Å². The molecule has 2 aromatic rings. The van der Waals surface area contributed by atoms with E-state index in [4.69, 9.17) is 4.74 Å². The third-order valence-electron chi connectivity index (χ3n) is 4.41. The summed E-state index contributed by atoms with van der Waals surface area (Å²) in [6, 6.07) is 5.95. The summed E-state index contributed by atoms with van der Waals surface area (Å²) < 4.78 is 8.40. The Labute approximate surface area is 146 Å². The molecule has 3 rings (SSSR count). The first kappa shape index (κ1) is 17.3. The second-order valence-corrected chi connectivity index (χ2v) is 7.12. The summed E-state index contributed by atoms with van der Waals surface area (Å²) in [5, 5.41) is 6.91. The highest BCUT2D eigenvalue weighted by Crippen LogP contribution is 2.36. The number of fused-ring (bicyclic) bond motifs is 1. The van der Waals surface area contributed by atoms with Crippen molar-refractivity contribution in [1.29, 1.82) is 0 Å². The van der Waals surface area contributed by atoms with Crippen LogP contribution in [0.25, 0.3) is 0 Å². The molecule has 0 spiro atoms. The molecule has 1 aliphatic rings. The van der Waals surface area contributed by atoms with Gasteiger partial charge in [0.05, 0.1) is 6.04 Å². The number of nitrogens with one attached hydrogen (secondary N) is 1. The van der Waals surface area contributed by atoms with Gasteiger partial charge < -0.3 is 10.1 Å². The summed E-state index contributed by atoms with van der Waals surface area (Å²) in [4.78, 5) is 24.1. The van der Waals surface area contributed by atoms with Crippen LogP contribution in [0.3, 0.4) is 0 Å². The summed E-state index contributed by atoms with van der Waals surface area (Å²) in [6.07, 6.45) is 3.00. The van der Waals surface area contributed by atoms with Crippen LogP contribution in [0.4, 0.5) is 0 Å². The molecule has 25 heavy (non-hydrogen) atoms. The lowest BCUT2D eigenvalue weighted by molar-refractivity contribution is -0.122. The second kappa shape index (κ2) is 6.38. The highest BCUT2D eigenvalue weighted by molar-refractivity contribution is 5.76. The molecule has 134 valence electrons. The number of ether oxygens (including phenoxy) is 1. The molecule has 1 N–H and O–H groups in total. The minimum atomic E-state index is -0.305. The minimum Gasteiger partial charge on any atom is -0.487 e. The molecule has 0 saturated carbocycles. The Hall–Kier alpha value is -2.57. The molecule has 1 amide bonds. The van der Waals surface area contributed by atoms with Crippen LogP contribution in [0.2, 0.25) is 0 Å². The van der Waals surface area contributed by atoms with Gasteiger partial charge in [-0.3, -0.25) is 9.36 Å². The lowest BCUT2D eigenvalue weighted by Crippen LogP contribution is -2.35. The lowest BCUT2D eigenvalue weighted by atomic mass is 9.97. The highest BCUT2D eigenvalue weighted by atomic mass is 16.5. The molecule has 1 aromatic heterocycles. The van der Waals surface area contributed by atoms with Gasteiger partial charge in [0, 0.05) is 13.5 Å². The Balaban J connectivity index is 1.72. The Kier molecular flexibility index (Phi) is 4.41. The fraction of sp³-hybridized carbons (Fsp3) is 0.500. The van der Waals surface area contributed by atoms with E-state index in [1.54, 1.807) is 7.05 Å². The number of carbonyl (C=O) groups is 1. The molecule has 7 nitrogen and oxygen atoms in total. The van der Waals surface area contributed by atoms with Crippen LogP contribution in [-0.4, -0.2) is 25.9 Å². The van der Waals surface area contributed by atoms with E-state index in [0.29, 0.717) is 0 Å². The number of amides is 1. The van der Waals surface area contributed by atoms with Crippen LogP contribution in [0.15, 0.2) is 29.3 Å². The van der Waals surface area contributed by atoms with Gasteiger partial charge in [-0.15, -0.1) is 0 Å². The Morgan fingerprint density at radius 2 is 2.20 bits per heavy atom. The molecule has 0 aliphatic carbocycles. The topological polar surface area (TPSA) is 78.2 Å². The van der Waals surface area contributed by atoms with Crippen molar-refractivity contribution < 1.29 is 9.53 Å². The zero-order valence-corrected chi connectivity index (χ0v) is 15.1. The van der Waals surface area contributed by atoms with Crippen molar-refractivity contribution in [3.05, 3.63) is 46.1 Å². The third-order valence-corrected chi connectivity index (χ3v) is 4.41. The van der Waals surface area contributed by atoms with Crippen molar-refractivity contribution in [3.63, 3.8) is 0 Å². The average molecular weight is 344 g/mol. The molecule has 1 aliphatic heterocycles. The van der Waals surface area contributed by atoms with Crippen molar-refractivity contribution in [3.8, 4) is 5.75 Å². The largest absolute Gasteiger partial charge is 0.487 e. The number of carbonyl (C=O) groups excluding carboxylic acids is 1. The standard InChI is InChI=1S/C18H24N4O3/c1-5-14(20-16(23)10-22-17(24)21(4)11-19-22)12-6-7-15-13(8-12)9-18(2,3)25-15/h6-8,11,14H,5,9-10H2,1-4H3,(H,20,23). The summed E-state index contributed by atoms with van der Waals surface area (Å²) in [5.41, 5.74) is 1.71. The monoisotopic (exact) mass is 344 g/mol. The van der Waals surface area contributed by atoms with Crippen molar-refractivity contribution >= 4 is 5.91 Å². The summed E-state index contributed by atoms with van der Waals surface area (Å²) in [6.45, 7) is 6.06. The predicted octanol–water partition coefficient (Wildman–Crippen LogP) is 1.56. The zero-order valence-electron chi connectivity index (χ0n) is 15.1. The Morgan fingerprint density at radius 1 is 1.44 bits per heavy atom. The van der Waals surface area contributed by atoms with Gasteiger partial charge in [0.25, 0.3) is 0 Å². The summed E-state index contributed by atoms with van der Waals surface area (Å²) in [7, 11) is 1.60. The molecule has 1 aromatic carbocycles. The van der Waals surface area contributed by atoms with E-state index in [2.05, 4.69) is 30.3 Å². The van der Waals surface area contributed by atoms with Gasteiger partial charge in [-0.05, 0) is 43.5 Å². The van der Waals surface area contributed by atoms with Crippen LogP contribution in [0, 0.1) is 0 Å². The molecule has 0 bridgehead atoms. The summed E-state index contributed by atoms with van der Waals surface area (Å²) in [5.74, 6) is 0.680. The Bertz CT molecular complexity index is 850. The molecule has 1 unspecified atom stereocenters. The number of rotatable bonds is 5. The van der Waals surface area contributed by atoms with Crippen LogP contribution in [-0.2, 0) is 24.8 Å². The first-order chi connectivity index (χ1) is 11.8. The molecule has 0 fully saturated rings. The molecular formula is C18H24N4O3. The SMILES string of the molecule is CCC(NC(=O)Cn1ncn(C)c1=O)c1ccc2c(c1)CC(C)(C)O2. The highest BCUT2D eigenvalue weighted by Gasteiger charge is 2.30. The van der Waals surface area contributed by atoms with E-state index in [-0.39, 0.29) is 29.8 Å². The van der Waals surface area contributed by atoms with Gasteiger partial charge in [-0.25, -0.2) is 9.48 Å². The first-order valence-electron chi connectivity index (χ1n) is 8.48. The second-order valence-electron chi connectivity index (χ2n) is 7.12. The van der Waals surface area contributed by atoms with Gasteiger partial charge in [-0.1, -0.05) is 13.0 Å². The van der Waals surface area contributed by atoms with Crippen LogP contribution < -0.4 is 15.7 Å². The quantitative estimate of drug-likeness (QED) is 0.893. The van der Waals surface area contributed by atoms with Gasteiger partial charge in [0.1, 0.15) is 24.2 Å². The normalized spacial score (nSPS) is 16.2. The number of hydrogen-bond donors (Lipinski definition) is 1. The maximum atomic E-state index is 12.3. The fourth-order valence-electron chi connectivity index (χ4n) is 3.17. The average Bonchev–Trinajstić information content (AvgIpc) is 3.03. The molecule has 1 atom stereocenters. The van der Waals surface area contributed by atoms with Gasteiger partial charge >= 0.3 is 5.69 Å². The van der Waals surface area contributed by atoms with Crippen molar-refractivity contribution in [2.75, 3.05) is 0 Å². The van der Waals surface area contributed by atoms with Crippen LogP contribution in [0.5, 0.6) is 5.75 Å². The fourth-order valence-corrected chi connectivity index (χ4v) is 3.17. The molecule has 2 heterocycles. The number of aryl methyl sites for hydroxylation is 1. The first-order valence-corrected chi connectivity index (χ1v) is 8.48. The Morgan fingerprint density at radius 3 is 2.84 bits per heavy atom. The number of hydrogen-bond acceptors (Lipinski definition) is 4. The zero-order chi connectivity index (χ0) is 18.2. The van der Waals surface area contributed by atoms with E-state index < -0.39 is 0 Å². The third kappa shape index (κ3) is 3.60. The summed E-state index contributed by atoms with van der Waals surface area (Å²) >= 11 is 0. The number of benzene rings is 1. The van der Waals surface area contributed by atoms with E-state index in [1.807, 2.05) is 19.1 Å². The van der Waals surface area contributed by atoms with Gasteiger partial charge in [-0.2, -0.15) is 5.10 Å². The number of aromatic nitrogens is 3. The smallest absolute Gasteiger partial charge is 0.345 e. The van der Waals surface area contributed by atoms with E-state index in [9.17, 15) is 9.59 Å². The van der Waals surface area contributed by atoms with Crippen molar-refractivity contribution in [2.24, 2.45) is 7.05 Å². The van der Waals surface area contributed by atoms with Crippen LogP contribution >= 0.6 is 0 Å². The van der Waals surface area contributed by atoms with E-state index >= 15 is 0 Å². The van der Waals surface area contributed by atoms with E-state index in [1.165, 1.54) is 10.9 Å². The maximum Gasteiger partial charge on any atom is 0.345 e. The lowest BCUT2D eigenvalue weighted by Gasteiger charge is -2.18. The molecule has 7 heteroatoms.